The molecule has 1 heterocycles. The minimum absolute atomic E-state index is 0.202. The number of amides is 1. The van der Waals surface area contributed by atoms with Gasteiger partial charge in [0, 0.05) is 0 Å². The van der Waals surface area contributed by atoms with Gasteiger partial charge in [-0.2, -0.15) is 0 Å². The molecule has 1 N–H and O–H groups in total. The Bertz CT molecular complexity index is 473. The van der Waals surface area contributed by atoms with Gasteiger partial charge in [0.25, 0.3) is 0 Å². The molecule has 0 aliphatic carbocycles. The van der Waals surface area contributed by atoms with Crippen molar-refractivity contribution in [1.82, 2.24) is 4.90 Å². The zero-order chi connectivity index (χ0) is 15.8. The first-order valence-corrected chi connectivity index (χ1v) is 7.75. The molecule has 0 aromatic heterocycles. The van der Waals surface area contributed by atoms with Gasteiger partial charge in [-0.1, -0.05) is 12.1 Å². The summed E-state index contributed by atoms with van der Waals surface area (Å²) in [5, 5.41) is 0. The minimum atomic E-state index is -0.202. The number of para-hydroxylation sites is 2. The summed E-state index contributed by atoms with van der Waals surface area (Å²) in [6, 6.07) is 7.65. The van der Waals surface area contributed by atoms with Gasteiger partial charge in [-0.3, -0.25) is 4.90 Å². The zero-order valence-electron chi connectivity index (χ0n) is 13.3. The molecular weight excluding hydrogens is 284 g/mol. The minimum Gasteiger partial charge on any atom is -0.493 e. The summed E-state index contributed by atoms with van der Waals surface area (Å²) in [6.45, 7) is 7.13. The van der Waals surface area contributed by atoms with Gasteiger partial charge >= 0.3 is 6.09 Å². The van der Waals surface area contributed by atoms with Crippen LogP contribution < -0.4 is 14.4 Å². The molecular formula is C16H25N2O4+. The number of nitrogens with zero attached hydrogens (tertiary/aromatic N) is 1. The first-order chi connectivity index (χ1) is 10.7. The van der Waals surface area contributed by atoms with Crippen LogP contribution in [0.2, 0.25) is 0 Å². The molecule has 1 saturated heterocycles. The van der Waals surface area contributed by atoms with E-state index >= 15 is 0 Å². The summed E-state index contributed by atoms with van der Waals surface area (Å²) in [5.41, 5.74) is 0. The van der Waals surface area contributed by atoms with Crippen LogP contribution in [0.25, 0.3) is 0 Å². The van der Waals surface area contributed by atoms with Crippen LogP contribution in [0.5, 0.6) is 11.5 Å². The van der Waals surface area contributed by atoms with Crippen LogP contribution in [-0.4, -0.2) is 64.0 Å². The molecule has 6 nitrogen and oxygen atoms in total. The quantitative estimate of drug-likeness (QED) is 0.828. The Morgan fingerprint density at radius 1 is 1.23 bits per heavy atom. The van der Waals surface area contributed by atoms with E-state index in [1.807, 2.05) is 31.2 Å². The van der Waals surface area contributed by atoms with E-state index in [-0.39, 0.29) is 6.09 Å². The van der Waals surface area contributed by atoms with Crippen molar-refractivity contribution in [2.24, 2.45) is 0 Å². The first kappa shape index (κ1) is 16.4. The van der Waals surface area contributed by atoms with E-state index in [1.165, 1.54) is 4.90 Å². The van der Waals surface area contributed by atoms with Crippen molar-refractivity contribution in [3.63, 3.8) is 0 Å². The number of hydrogen-bond donors (Lipinski definition) is 1. The fourth-order valence-corrected chi connectivity index (χ4v) is 2.51. The van der Waals surface area contributed by atoms with Crippen molar-refractivity contribution in [2.45, 2.75) is 6.92 Å². The van der Waals surface area contributed by atoms with E-state index in [2.05, 4.69) is 0 Å². The lowest BCUT2D eigenvalue weighted by molar-refractivity contribution is -0.904. The van der Waals surface area contributed by atoms with Crippen LogP contribution in [0, 0.1) is 0 Å². The largest absolute Gasteiger partial charge is 0.493 e. The lowest BCUT2D eigenvalue weighted by Gasteiger charge is -2.31. The predicted octanol–water partition coefficient (Wildman–Crippen LogP) is 0.431. The average Bonchev–Trinajstić information content (AvgIpc) is 2.56. The molecule has 0 spiro atoms. The van der Waals surface area contributed by atoms with E-state index < -0.39 is 0 Å². The van der Waals surface area contributed by atoms with Gasteiger partial charge in [0.1, 0.15) is 13.2 Å². The van der Waals surface area contributed by atoms with E-state index in [0.29, 0.717) is 13.2 Å². The molecule has 0 atom stereocenters. The molecule has 1 amide bonds. The SMILES string of the molecule is CCOC(=O)N1CC[NH+](CCOc2ccccc2OC)CC1. The number of quaternary nitrogens is 1. The number of benzene rings is 1. The van der Waals surface area contributed by atoms with Crippen molar-refractivity contribution >= 4 is 6.09 Å². The molecule has 0 saturated carbocycles. The van der Waals surface area contributed by atoms with Crippen molar-refractivity contribution in [3.8, 4) is 11.5 Å². The number of hydrogen-bond acceptors (Lipinski definition) is 4. The highest BCUT2D eigenvalue weighted by atomic mass is 16.6. The van der Waals surface area contributed by atoms with E-state index in [1.54, 1.807) is 12.0 Å². The standard InChI is InChI=1S/C16H24N2O4/c1-3-21-16(19)18-10-8-17(9-11-18)12-13-22-15-7-5-4-6-14(15)20-2/h4-7H,3,8-13H2,1-2H3/p+1. The molecule has 1 aliphatic rings. The third-order valence-corrected chi connectivity index (χ3v) is 3.78. The lowest BCUT2D eigenvalue weighted by atomic mass is 10.3. The topological polar surface area (TPSA) is 52.4 Å². The van der Waals surface area contributed by atoms with Gasteiger partial charge in [-0.25, -0.2) is 4.79 Å². The molecule has 1 aromatic rings. The van der Waals surface area contributed by atoms with Gasteiger partial charge in [-0.15, -0.1) is 0 Å². The van der Waals surface area contributed by atoms with E-state index in [9.17, 15) is 4.79 Å². The second kappa shape index (κ2) is 8.48. The normalized spacial score (nSPS) is 15.5. The third kappa shape index (κ3) is 4.53. The number of piperazine rings is 1. The molecule has 1 aromatic carbocycles. The Kier molecular flexibility index (Phi) is 6.33. The van der Waals surface area contributed by atoms with E-state index in [4.69, 9.17) is 14.2 Å². The second-order valence-corrected chi connectivity index (χ2v) is 5.19. The highest BCUT2D eigenvalue weighted by Crippen LogP contribution is 2.25. The molecule has 0 unspecified atom stereocenters. The number of carbonyl (C=O) groups is 1. The van der Waals surface area contributed by atoms with Crippen molar-refractivity contribution in [3.05, 3.63) is 24.3 Å². The molecule has 122 valence electrons. The molecule has 1 fully saturated rings. The van der Waals surface area contributed by atoms with Crippen LogP contribution in [0.4, 0.5) is 4.79 Å². The fraction of sp³-hybridized carbons (Fsp3) is 0.562. The van der Waals surface area contributed by atoms with Crippen LogP contribution in [0.3, 0.4) is 0 Å². The predicted molar refractivity (Wildman–Crippen MR) is 82.6 cm³/mol. The summed E-state index contributed by atoms with van der Waals surface area (Å²) in [4.78, 5) is 14.8. The molecule has 6 heteroatoms. The average molecular weight is 309 g/mol. The van der Waals surface area contributed by atoms with Crippen molar-refractivity contribution in [1.29, 1.82) is 0 Å². The zero-order valence-corrected chi connectivity index (χ0v) is 13.3. The van der Waals surface area contributed by atoms with Gasteiger partial charge < -0.3 is 19.1 Å². The monoisotopic (exact) mass is 309 g/mol. The van der Waals surface area contributed by atoms with Gasteiger partial charge in [0.2, 0.25) is 0 Å². The van der Waals surface area contributed by atoms with Crippen LogP contribution in [0.15, 0.2) is 24.3 Å². The number of rotatable bonds is 6. The Morgan fingerprint density at radius 2 is 1.91 bits per heavy atom. The summed E-state index contributed by atoms with van der Waals surface area (Å²) >= 11 is 0. The Morgan fingerprint density at radius 3 is 2.55 bits per heavy atom. The Balaban J connectivity index is 1.70. The number of carbonyl (C=O) groups excluding carboxylic acids is 1. The lowest BCUT2D eigenvalue weighted by Crippen LogP contribution is -3.15. The highest BCUT2D eigenvalue weighted by molar-refractivity contribution is 5.67. The van der Waals surface area contributed by atoms with Crippen molar-refractivity contribution < 1.29 is 23.9 Å². The summed E-state index contributed by atoms with van der Waals surface area (Å²) in [7, 11) is 1.64. The van der Waals surface area contributed by atoms with E-state index in [0.717, 1.165) is 44.2 Å². The Hall–Kier alpha value is -1.95. The second-order valence-electron chi connectivity index (χ2n) is 5.19. The van der Waals surface area contributed by atoms with Gasteiger partial charge in [-0.05, 0) is 19.1 Å². The van der Waals surface area contributed by atoms with Crippen molar-refractivity contribution in [2.75, 3.05) is 53.0 Å². The first-order valence-electron chi connectivity index (χ1n) is 7.75. The molecule has 2 rings (SSSR count). The smallest absolute Gasteiger partial charge is 0.410 e. The Labute approximate surface area is 131 Å². The van der Waals surface area contributed by atoms with Crippen LogP contribution in [0.1, 0.15) is 6.92 Å². The van der Waals surface area contributed by atoms with Crippen LogP contribution in [-0.2, 0) is 4.74 Å². The van der Waals surface area contributed by atoms with Gasteiger partial charge in [0.15, 0.2) is 11.5 Å². The molecule has 0 radical (unpaired) electrons. The molecule has 0 bridgehead atoms. The third-order valence-electron chi connectivity index (χ3n) is 3.78. The highest BCUT2D eigenvalue weighted by Gasteiger charge is 2.24. The van der Waals surface area contributed by atoms with Gasteiger partial charge in [0.05, 0.1) is 39.9 Å². The summed E-state index contributed by atoms with van der Waals surface area (Å²) < 4.78 is 16.1. The number of ether oxygens (including phenoxy) is 3. The van der Waals surface area contributed by atoms with Crippen LogP contribution >= 0.6 is 0 Å². The summed E-state index contributed by atoms with van der Waals surface area (Å²) in [6.07, 6.45) is -0.202. The number of methoxy groups -OCH3 is 1. The number of nitrogens with one attached hydrogen (secondary N) is 1. The molecule has 22 heavy (non-hydrogen) atoms. The maximum Gasteiger partial charge on any atom is 0.410 e. The maximum absolute atomic E-state index is 11.6. The maximum atomic E-state index is 11.6. The molecule has 1 aliphatic heterocycles. The summed E-state index contributed by atoms with van der Waals surface area (Å²) in [5.74, 6) is 1.53. The fourth-order valence-electron chi connectivity index (χ4n) is 2.51.